The van der Waals surface area contributed by atoms with Crippen LogP contribution in [-0.4, -0.2) is 68.0 Å². The number of nitrogens with zero attached hydrogens (tertiary/aromatic N) is 1. The van der Waals surface area contributed by atoms with Crippen LogP contribution in [0.5, 0.6) is 0 Å². The van der Waals surface area contributed by atoms with Crippen LogP contribution in [0, 0.1) is 0 Å². The number of halogens is 6. The summed E-state index contributed by atoms with van der Waals surface area (Å²) < 4.78 is 119. The molecule has 0 amide bonds. The van der Waals surface area contributed by atoms with E-state index in [4.69, 9.17) is 9.47 Å². The van der Waals surface area contributed by atoms with Gasteiger partial charge in [0.15, 0.2) is 20.0 Å². The molecule has 0 saturated heterocycles. The van der Waals surface area contributed by atoms with Gasteiger partial charge in [-0.3, -0.25) is 0 Å². The number of alkyl halides is 6. The summed E-state index contributed by atoms with van der Waals surface area (Å²) in [5, 5.41) is 0. The second kappa shape index (κ2) is 10.6. The number of ether oxygens (including phenoxy) is 2. The molecule has 0 aliphatic carbocycles. The van der Waals surface area contributed by atoms with E-state index >= 15 is 0 Å². The normalized spacial score (nSPS) is 13.7. The summed E-state index contributed by atoms with van der Waals surface area (Å²) in [5.41, 5.74) is -12.4. The van der Waals surface area contributed by atoms with E-state index in [2.05, 4.69) is 13.8 Å². The molecule has 0 fully saturated rings. The van der Waals surface area contributed by atoms with Gasteiger partial charge in [0.2, 0.25) is 6.29 Å². The first-order chi connectivity index (χ1) is 11.5. The zero-order valence-electron chi connectivity index (χ0n) is 14.2. The highest BCUT2D eigenvalue weighted by Crippen LogP contribution is 2.36. The summed E-state index contributed by atoms with van der Waals surface area (Å²) in [4.78, 5) is 1.50. The van der Waals surface area contributed by atoms with Crippen LogP contribution in [0.1, 0.15) is 13.8 Å². The highest BCUT2D eigenvalue weighted by Gasteiger charge is 2.46. The molecule has 1 N–H and O–H groups in total. The molecule has 0 unspecified atom stereocenters. The molecular formula is C10H20F6N2O6S2. The molecule has 160 valence electrons. The minimum absolute atomic E-state index is 0.0510. The number of sulfonamides is 2. The van der Waals surface area contributed by atoms with E-state index in [9.17, 15) is 43.2 Å². The first kappa shape index (κ1) is 27.5. The van der Waals surface area contributed by atoms with Crippen LogP contribution in [0.4, 0.5) is 26.3 Å². The Hall–Kier alpha value is -0.680. The third-order valence-corrected chi connectivity index (χ3v) is 5.50. The van der Waals surface area contributed by atoms with Gasteiger partial charge in [0.25, 0.3) is 0 Å². The largest absolute Gasteiger partial charge is 0.480 e. The van der Waals surface area contributed by atoms with E-state index in [1.54, 1.807) is 14.2 Å². The number of rotatable bonds is 8. The standard InChI is InChI=1S/C8H19NO2.C2F6NO4S2/c1-5-9(6-2)7-8(10-3)11-4;3-1(4,5)14(10,11)9-15(12,13)2(6,7)8/h8H,5-7H2,1-4H3;/q;-1/p+1. The average molecular weight is 442 g/mol. The molecule has 0 aromatic carbocycles. The van der Waals surface area contributed by atoms with Gasteiger partial charge in [-0.05, 0) is 13.8 Å². The van der Waals surface area contributed by atoms with Crippen LogP contribution in [0.25, 0.3) is 4.13 Å². The Kier molecular flexibility index (Phi) is 11.2. The zero-order valence-corrected chi connectivity index (χ0v) is 15.8. The molecule has 0 aliphatic heterocycles. The lowest BCUT2D eigenvalue weighted by Crippen LogP contribution is -3.12. The van der Waals surface area contributed by atoms with Crippen molar-refractivity contribution in [2.24, 2.45) is 0 Å². The fourth-order valence-electron chi connectivity index (χ4n) is 1.25. The van der Waals surface area contributed by atoms with Gasteiger partial charge in [0, 0.05) is 14.2 Å². The maximum atomic E-state index is 11.4. The molecule has 0 aromatic rings. The predicted molar refractivity (Wildman–Crippen MR) is 78.0 cm³/mol. The zero-order chi connectivity index (χ0) is 21.4. The van der Waals surface area contributed by atoms with Gasteiger partial charge in [-0.15, -0.1) is 0 Å². The minimum Gasteiger partial charge on any atom is -0.421 e. The van der Waals surface area contributed by atoms with E-state index < -0.39 is 31.1 Å². The van der Waals surface area contributed by atoms with Crippen molar-refractivity contribution < 1.29 is 57.6 Å². The quantitative estimate of drug-likeness (QED) is 0.436. The molecule has 8 nitrogen and oxygen atoms in total. The summed E-state index contributed by atoms with van der Waals surface area (Å²) in [6.45, 7) is 7.52. The third-order valence-electron chi connectivity index (χ3n) is 2.76. The lowest BCUT2D eigenvalue weighted by atomic mass is 10.4. The van der Waals surface area contributed by atoms with Crippen LogP contribution in [0.3, 0.4) is 0 Å². The SMILES string of the molecule is CC[NH+](CC)CC(OC)OC.O=S(=O)([N-]S(=O)(=O)C(F)(F)F)C(F)(F)F. The van der Waals surface area contributed by atoms with Gasteiger partial charge in [0.1, 0.15) is 6.54 Å². The van der Waals surface area contributed by atoms with Gasteiger partial charge in [-0.1, -0.05) is 0 Å². The number of nitrogens with one attached hydrogen (secondary N) is 1. The number of methoxy groups -OCH3 is 2. The monoisotopic (exact) mass is 442 g/mol. The van der Waals surface area contributed by atoms with Crippen LogP contribution in [0.2, 0.25) is 0 Å². The number of quaternary nitrogens is 1. The summed E-state index contributed by atoms with van der Waals surface area (Å²) >= 11 is 0. The Morgan fingerprint density at radius 3 is 1.35 bits per heavy atom. The fraction of sp³-hybridized carbons (Fsp3) is 1.00. The smallest absolute Gasteiger partial charge is 0.421 e. The summed E-state index contributed by atoms with van der Waals surface area (Å²) in [5.74, 6) is 0. The molecule has 26 heavy (non-hydrogen) atoms. The lowest BCUT2D eigenvalue weighted by Gasteiger charge is -2.22. The molecule has 0 radical (unpaired) electrons. The average Bonchev–Trinajstić information content (AvgIpc) is 2.46. The van der Waals surface area contributed by atoms with Crippen molar-refractivity contribution in [2.45, 2.75) is 31.2 Å². The lowest BCUT2D eigenvalue weighted by molar-refractivity contribution is -0.902. The molecule has 0 atom stereocenters. The minimum atomic E-state index is -6.72. The highest BCUT2D eigenvalue weighted by atomic mass is 32.3. The van der Waals surface area contributed by atoms with Gasteiger partial charge in [0.05, 0.1) is 13.1 Å². The fourth-order valence-corrected chi connectivity index (χ4v) is 2.96. The Labute approximate surface area is 147 Å². The topological polar surface area (TPSA) is 105 Å². The summed E-state index contributed by atoms with van der Waals surface area (Å²) in [6.07, 6.45) is -0.0510. The maximum absolute atomic E-state index is 11.4. The van der Waals surface area contributed by atoms with Gasteiger partial charge < -0.3 is 18.5 Å². The first-order valence-electron chi connectivity index (χ1n) is 6.74. The molecule has 0 aromatic heterocycles. The van der Waals surface area contributed by atoms with E-state index in [-0.39, 0.29) is 6.29 Å². The second-order valence-electron chi connectivity index (χ2n) is 4.48. The number of likely N-dealkylation sites (N-methyl/N-ethyl adjacent to an activating group) is 1. The van der Waals surface area contributed by atoms with Gasteiger partial charge >= 0.3 is 11.0 Å². The molecule has 0 aliphatic rings. The molecular weight excluding hydrogens is 422 g/mol. The molecule has 0 spiro atoms. The highest BCUT2D eigenvalue weighted by molar-refractivity contribution is 8.13. The maximum Gasteiger partial charge on any atom is 0.480 e. The van der Waals surface area contributed by atoms with Gasteiger partial charge in [-0.2, -0.15) is 26.3 Å². The van der Waals surface area contributed by atoms with Gasteiger partial charge in [-0.25, -0.2) is 16.8 Å². The molecule has 0 rings (SSSR count). The van der Waals surface area contributed by atoms with Crippen molar-refractivity contribution in [1.82, 2.24) is 0 Å². The van der Waals surface area contributed by atoms with E-state index in [0.29, 0.717) is 0 Å². The summed E-state index contributed by atoms with van der Waals surface area (Å²) in [7, 11) is -10.1. The Bertz CT molecular complexity index is 544. The Balaban J connectivity index is 0. The molecule has 0 bridgehead atoms. The second-order valence-corrected chi connectivity index (χ2v) is 7.90. The molecule has 16 heteroatoms. The number of hydrogen-bond acceptors (Lipinski definition) is 6. The van der Waals surface area contributed by atoms with Crippen LogP contribution in [-0.2, 0) is 29.5 Å². The van der Waals surface area contributed by atoms with E-state index in [1.165, 1.54) is 4.90 Å². The van der Waals surface area contributed by atoms with Crippen molar-refractivity contribution in [3.63, 3.8) is 0 Å². The van der Waals surface area contributed by atoms with Crippen LogP contribution < -0.4 is 4.90 Å². The first-order valence-corrected chi connectivity index (χ1v) is 9.63. The van der Waals surface area contributed by atoms with Crippen LogP contribution in [0.15, 0.2) is 0 Å². The number of hydrogen-bond donors (Lipinski definition) is 1. The predicted octanol–water partition coefficient (Wildman–Crippen LogP) is 0.589. The Morgan fingerprint density at radius 1 is 0.846 bits per heavy atom. The van der Waals surface area contributed by atoms with Crippen molar-refractivity contribution >= 4 is 20.0 Å². The molecule has 0 heterocycles. The van der Waals surface area contributed by atoms with Crippen LogP contribution >= 0.6 is 0 Å². The summed E-state index contributed by atoms with van der Waals surface area (Å²) in [6, 6.07) is 0. The Morgan fingerprint density at radius 2 is 1.15 bits per heavy atom. The van der Waals surface area contributed by atoms with Crippen molar-refractivity contribution in [3.05, 3.63) is 4.13 Å². The molecule has 0 saturated carbocycles. The van der Waals surface area contributed by atoms with Crippen molar-refractivity contribution in [1.29, 1.82) is 0 Å². The van der Waals surface area contributed by atoms with E-state index in [1.807, 2.05) is 0 Å². The van der Waals surface area contributed by atoms with Crippen molar-refractivity contribution in [2.75, 3.05) is 33.9 Å². The third kappa shape index (κ3) is 9.31. The van der Waals surface area contributed by atoms with Crippen molar-refractivity contribution in [3.8, 4) is 0 Å². The van der Waals surface area contributed by atoms with E-state index in [0.717, 1.165) is 23.8 Å².